The van der Waals surface area contributed by atoms with Crippen molar-refractivity contribution in [3.63, 3.8) is 0 Å². The lowest BCUT2D eigenvalue weighted by Crippen LogP contribution is -2.00. The van der Waals surface area contributed by atoms with E-state index in [4.69, 9.17) is 10.0 Å². The molecule has 16 heavy (non-hydrogen) atoms. The van der Waals surface area contributed by atoms with E-state index in [-0.39, 0.29) is 0 Å². The van der Waals surface area contributed by atoms with E-state index in [1.54, 1.807) is 0 Å². The quantitative estimate of drug-likeness (QED) is 0.446. The lowest BCUT2D eigenvalue weighted by molar-refractivity contribution is 0.408. The molecule has 0 radical (unpaired) electrons. The van der Waals surface area contributed by atoms with Gasteiger partial charge in [0.25, 0.3) is 0 Å². The smallest absolute Gasteiger partial charge is 0.421 e. The summed E-state index contributed by atoms with van der Waals surface area (Å²) in [6.07, 6.45) is 13.0. The molecule has 0 aliphatic rings. The topological polar surface area (TPSA) is 49.7 Å². The fraction of sp³-hybridized carbons (Fsp3) is 1.00. The largest absolute Gasteiger partial charge is 0.457 e. The van der Waals surface area contributed by atoms with Gasteiger partial charge >= 0.3 is 15.4 Å². The van der Waals surface area contributed by atoms with Gasteiger partial charge in [0.05, 0.1) is 0 Å². The average Bonchev–Trinajstić information content (AvgIpc) is 2.30. The average molecular weight is 230 g/mol. The summed E-state index contributed by atoms with van der Waals surface area (Å²) in [5, 5.41) is 15.4. The maximum Gasteiger partial charge on any atom is 0.421 e. The molecule has 0 atom stereocenters. The molecule has 0 saturated heterocycles. The van der Waals surface area contributed by atoms with E-state index in [0.717, 1.165) is 0 Å². The Hall–Kier alpha value is 0.00987. The van der Waals surface area contributed by atoms with Crippen molar-refractivity contribution in [2.45, 2.75) is 71.6 Å². The molecule has 0 aromatic rings. The van der Waals surface area contributed by atoms with Crippen LogP contribution in [-0.4, -0.2) is 25.4 Å². The predicted octanol–water partition coefficient (Wildman–Crippen LogP) is 2.06. The van der Waals surface area contributed by atoms with Gasteiger partial charge < -0.3 is 14.6 Å². The Kier molecular flexibility index (Phi) is 23.5. The molecular weight excluding hydrogens is 202 g/mol. The van der Waals surface area contributed by atoms with Crippen LogP contribution in [0.15, 0.2) is 0 Å². The molecule has 96 valence electrons. The molecule has 0 bridgehead atoms. The molecule has 0 unspecified atom stereocenters. The van der Waals surface area contributed by atoms with Crippen LogP contribution < -0.4 is 0 Å². The third-order valence-corrected chi connectivity index (χ3v) is 2.39. The minimum Gasteiger partial charge on any atom is -0.457 e. The highest BCUT2D eigenvalue weighted by Gasteiger charge is 1.89. The monoisotopic (exact) mass is 230 g/mol. The predicted molar refractivity (Wildman–Crippen MR) is 72.7 cm³/mol. The Bertz CT molecular complexity index is 95.2. The maximum absolute atomic E-state index is 7.68. The number of unbranched alkanes of at least 4 members (excludes halogenated alkanes) is 8. The molecule has 0 amide bonds. The number of hydrogen-bond acceptors (Lipinski definition) is 3. The lowest BCUT2D eigenvalue weighted by atomic mass is 10.1. The van der Waals surface area contributed by atoms with Gasteiger partial charge in [-0.3, -0.25) is 0 Å². The Morgan fingerprint density at radius 3 is 1.19 bits per heavy atom. The van der Waals surface area contributed by atoms with Gasteiger partial charge in [0, 0.05) is 0 Å². The van der Waals surface area contributed by atoms with Crippen molar-refractivity contribution < 1.29 is 14.6 Å². The highest BCUT2D eigenvalue weighted by atomic mass is 16.5. The van der Waals surface area contributed by atoms with Crippen LogP contribution in [-0.2, 0) is 4.57 Å². The van der Waals surface area contributed by atoms with Gasteiger partial charge in [-0.25, -0.2) is 0 Å². The fourth-order valence-corrected chi connectivity index (χ4v) is 1.42. The molecule has 0 aromatic heterocycles. The Morgan fingerprint density at radius 2 is 1.00 bits per heavy atom. The van der Waals surface area contributed by atoms with Crippen molar-refractivity contribution in [1.82, 2.24) is 0 Å². The van der Waals surface area contributed by atoms with E-state index in [9.17, 15) is 0 Å². The van der Waals surface area contributed by atoms with Crippen LogP contribution >= 0.6 is 0 Å². The van der Waals surface area contributed by atoms with Crippen LogP contribution in [0.2, 0.25) is 0 Å². The fourth-order valence-electron chi connectivity index (χ4n) is 1.42. The van der Waals surface area contributed by atoms with E-state index >= 15 is 0 Å². The first-order valence-electron chi connectivity index (χ1n) is 6.62. The second kappa shape index (κ2) is 20.4. The van der Waals surface area contributed by atoms with Gasteiger partial charge in [-0.2, -0.15) is 0 Å². The summed E-state index contributed by atoms with van der Waals surface area (Å²) >= 11 is 0. The Balaban J connectivity index is 0. The molecule has 0 fully saturated rings. The van der Waals surface area contributed by atoms with Gasteiger partial charge in [0.1, 0.15) is 0 Å². The summed E-state index contributed by atoms with van der Waals surface area (Å²) in [4.78, 5) is 0. The van der Waals surface area contributed by atoms with Crippen LogP contribution in [0.4, 0.5) is 0 Å². The van der Waals surface area contributed by atoms with E-state index in [2.05, 4.69) is 18.4 Å². The summed E-state index contributed by atoms with van der Waals surface area (Å²) < 4.78 is 3.94. The van der Waals surface area contributed by atoms with Crippen LogP contribution in [0, 0.1) is 0 Å². The van der Waals surface area contributed by atoms with Gasteiger partial charge in [0.15, 0.2) is 0 Å². The second-order valence-electron chi connectivity index (χ2n) is 3.94. The maximum atomic E-state index is 7.68. The van der Waals surface area contributed by atoms with Crippen LogP contribution in [0.5, 0.6) is 0 Å². The zero-order valence-electron chi connectivity index (χ0n) is 11.1. The van der Waals surface area contributed by atoms with Crippen molar-refractivity contribution in [3.8, 4) is 0 Å². The van der Waals surface area contributed by atoms with Crippen LogP contribution in [0.25, 0.3) is 0 Å². The van der Waals surface area contributed by atoms with Crippen molar-refractivity contribution in [3.05, 3.63) is 0 Å². The van der Waals surface area contributed by atoms with Crippen LogP contribution in [0.3, 0.4) is 0 Å². The summed E-state index contributed by atoms with van der Waals surface area (Å²) in [6, 6.07) is 0. The molecule has 2 N–H and O–H groups in total. The Labute approximate surface area is 102 Å². The molecule has 0 rings (SSSR count). The molecule has 0 heterocycles. The van der Waals surface area contributed by atoms with Crippen molar-refractivity contribution in [2.75, 3.05) is 0 Å². The standard InChI is InChI=1S/C11H24.B2H4O3/c1-3-5-7-9-11-10-8-6-4-2;3-1-5-2-4/h3-11H2,1-2H3;1-4H. The van der Waals surface area contributed by atoms with Crippen molar-refractivity contribution in [2.24, 2.45) is 0 Å². The van der Waals surface area contributed by atoms with Gasteiger partial charge in [-0.15, -0.1) is 0 Å². The molecule has 0 saturated carbocycles. The Morgan fingerprint density at radius 1 is 0.688 bits per heavy atom. The van der Waals surface area contributed by atoms with E-state index in [0.29, 0.717) is 0 Å². The van der Waals surface area contributed by atoms with E-state index in [1.807, 2.05) is 0 Å². The summed E-state index contributed by atoms with van der Waals surface area (Å²) in [7, 11) is -0.812. The second-order valence-corrected chi connectivity index (χ2v) is 3.94. The zero-order valence-corrected chi connectivity index (χ0v) is 11.1. The zero-order chi connectivity index (χ0) is 12.5. The SMILES string of the molecule is CCCCCCCCCCC.OBOBO. The molecule has 0 aromatic carbocycles. The van der Waals surface area contributed by atoms with Crippen molar-refractivity contribution >= 4 is 15.4 Å². The highest BCUT2D eigenvalue weighted by molar-refractivity contribution is 6.32. The van der Waals surface area contributed by atoms with E-state index < -0.39 is 15.4 Å². The summed E-state index contributed by atoms with van der Waals surface area (Å²) in [5.41, 5.74) is 0. The third kappa shape index (κ3) is 23.7. The molecule has 5 heteroatoms. The third-order valence-electron chi connectivity index (χ3n) is 2.39. The van der Waals surface area contributed by atoms with Gasteiger partial charge in [-0.05, 0) is 0 Å². The normalized spacial score (nSPS) is 9.25. The first-order valence-corrected chi connectivity index (χ1v) is 6.62. The van der Waals surface area contributed by atoms with E-state index in [1.165, 1.54) is 57.8 Å². The lowest BCUT2D eigenvalue weighted by Gasteiger charge is -1.98. The minimum absolute atomic E-state index is 0.406. The molecule has 0 aliphatic heterocycles. The number of hydrogen-bond donors (Lipinski definition) is 2. The van der Waals surface area contributed by atoms with Crippen LogP contribution in [0.1, 0.15) is 71.6 Å². The molecule has 3 nitrogen and oxygen atoms in total. The first kappa shape index (κ1) is 18.4. The minimum atomic E-state index is -0.406. The highest BCUT2D eigenvalue weighted by Crippen LogP contribution is 2.08. The van der Waals surface area contributed by atoms with Crippen molar-refractivity contribution in [1.29, 1.82) is 0 Å². The first-order chi connectivity index (χ1) is 7.83. The number of rotatable bonds is 10. The van der Waals surface area contributed by atoms with Gasteiger partial charge in [0.2, 0.25) is 0 Å². The molecule has 0 spiro atoms. The molecule has 0 aliphatic carbocycles. The molecular formula is C11H28B2O3. The summed E-state index contributed by atoms with van der Waals surface area (Å²) in [6.45, 7) is 4.55. The van der Waals surface area contributed by atoms with Gasteiger partial charge in [-0.1, -0.05) is 71.6 Å². The summed E-state index contributed by atoms with van der Waals surface area (Å²) in [5.74, 6) is 0.